The van der Waals surface area contributed by atoms with Gasteiger partial charge >= 0.3 is 5.97 Å². The van der Waals surface area contributed by atoms with Crippen molar-refractivity contribution in [2.45, 2.75) is 48.0 Å². The molecule has 0 saturated carbocycles. The molecule has 13 nitrogen and oxygen atoms in total. The number of hydrogen-bond acceptors (Lipinski definition) is 10. The van der Waals surface area contributed by atoms with Crippen LogP contribution in [0, 0.1) is 0 Å². The van der Waals surface area contributed by atoms with Crippen LogP contribution in [0.5, 0.6) is 5.75 Å². The molecule has 0 radical (unpaired) electrons. The Labute approximate surface area is 248 Å². The predicted octanol–water partition coefficient (Wildman–Crippen LogP) is 3.13. The molecule has 15 heteroatoms. The van der Waals surface area contributed by atoms with Gasteiger partial charge in [-0.15, -0.1) is 0 Å². The Morgan fingerprint density at radius 3 is 2.23 bits per heavy atom. The van der Waals surface area contributed by atoms with Crippen LogP contribution in [-0.4, -0.2) is 51.5 Å². The van der Waals surface area contributed by atoms with E-state index in [-0.39, 0.29) is 39.2 Å². The van der Waals surface area contributed by atoms with Gasteiger partial charge in [-0.25, -0.2) is 4.79 Å². The Morgan fingerprint density at radius 1 is 0.930 bits per heavy atom. The van der Waals surface area contributed by atoms with Gasteiger partial charge in [0.25, 0.3) is 26.1 Å². The van der Waals surface area contributed by atoms with Crippen LogP contribution in [0.3, 0.4) is 0 Å². The number of nitrogens with two attached hydrogens (primary N) is 2. The Bertz CT molecular complexity index is 1820. The van der Waals surface area contributed by atoms with E-state index in [1.807, 2.05) is 0 Å². The fourth-order valence-electron chi connectivity index (χ4n) is 5.14. The molecule has 4 rings (SSSR count). The minimum Gasteiger partial charge on any atom is -0.495 e. The number of benzene rings is 3. The number of carbonyl (C=O) groups is 2. The van der Waals surface area contributed by atoms with Gasteiger partial charge in [-0.05, 0) is 42.8 Å². The summed E-state index contributed by atoms with van der Waals surface area (Å²) < 4.78 is 80.2. The number of hydrogen-bond donors (Lipinski definition) is 5. The standard InChI is InChI=1S/C28H31N3O10S2/c1-3-4-5-6-13-31-26(32)16-7-9-19-18(14-16)27(33)41-28(19,17-8-11-21(29)23(15-17)42(34,35)36)20-10-12-22(30)25(24(20)40-2)43(37,38)39/h7-12,14-15H,3-6,13,29-30H2,1-2H3,(H,31,32)(H,34,35,36)(H,37,38,39). The van der Waals surface area contributed by atoms with Gasteiger partial charge in [0, 0.05) is 28.8 Å². The van der Waals surface area contributed by atoms with Crippen LogP contribution < -0.4 is 21.5 Å². The normalized spacial score (nSPS) is 16.4. The number of ether oxygens (including phenoxy) is 2. The summed E-state index contributed by atoms with van der Waals surface area (Å²) in [5, 5.41) is 2.80. The summed E-state index contributed by atoms with van der Waals surface area (Å²) in [5.74, 6) is -1.88. The number of methoxy groups -OCH3 is 1. The number of anilines is 2. The summed E-state index contributed by atoms with van der Waals surface area (Å²) in [6, 6.07) is 9.97. The number of unbranched alkanes of at least 4 members (excludes halogenated alkanes) is 3. The molecule has 0 saturated heterocycles. The van der Waals surface area contributed by atoms with E-state index in [0.29, 0.717) is 6.54 Å². The largest absolute Gasteiger partial charge is 0.495 e. The molecule has 1 unspecified atom stereocenters. The van der Waals surface area contributed by atoms with Crippen molar-refractivity contribution in [3.8, 4) is 5.75 Å². The molecule has 0 bridgehead atoms. The number of esters is 1. The summed E-state index contributed by atoms with van der Waals surface area (Å²) in [7, 11) is -8.78. The summed E-state index contributed by atoms with van der Waals surface area (Å²) in [6.07, 6.45) is 3.78. The second-order valence-corrected chi connectivity index (χ2v) is 12.7. The Balaban J connectivity index is 1.99. The molecule has 3 aromatic rings. The molecule has 1 atom stereocenters. The maximum Gasteiger partial charge on any atom is 0.340 e. The molecule has 1 amide bonds. The fourth-order valence-corrected chi connectivity index (χ4v) is 6.57. The van der Waals surface area contributed by atoms with Crippen molar-refractivity contribution in [3.05, 3.63) is 76.3 Å². The van der Waals surface area contributed by atoms with E-state index in [1.165, 1.54) is 30.3 Å². The Hall–Kier alpha value is -4.18. The van der Waals surface area contributed by atoms with E-state index in [4.69, 9.17) is 20.9 Å². The highest BCUT2D eigenvalue weighted by atomic mass is 32.2. The topological polar surface area (TPSA) is 225 Å². The monoisotopic (exact) mass is 633 g/mol. The van der Waals surface area contributed by atoms with Gasteiger partial charge in [0.1, 0.15) is 10.6 Å². The van der Waals surface area contributed by atoms with Gasteiger partial charge in [0.15, 0.2) is 10.5 Å². The van der Waals surface area contributed by atoms with Crippen LogP contribution >= 0.6 is 0 Å². The minimum atomic E-state index is -5.00. The van der Waals surface area contributed by atoms with Crippen LogP contribution in [0.25, 0.3) is 0 Å². The van der Waals surface area contributed by atoms with Crippen LogP contribution in [0.15, 0.2) is 58.3 Å². The molecule has 1 heterocycles. The average molecular weight is 634 g/mol. The van der Waals surface area contributed by atoms with E-state index in [0.717, 1.165) is 51.0 Å². The number of nitrogen functional groups attached to an aromatic ring is 2. The third-order valence-corrected chi connectivity index (χ3v) is 8.97. The molecular weight excluding hydrogens is 602 g/mol. The minimum absolute atomic E-state index is 0.0763. The molecule has 0 aromatic heterocycles. The summed E-state index contributed by atoms with van der Waals surface area (Å²) >= 11 is 0. The molecule has 230 valence electrons. The van der Waals surface area contributed by atoms with E-state index in [1.54, 1.807) is 0 Å². The molecule has 43 heavy (non-hydrogen) atoms. The zero-order valence-corrected chi connectivity index (χ0v) is 24.9. The lowest BCUT2D eigenvalue weighted by Gasteiger charge is -2.32. The molecule has 7 N–H and O–H groups in total. The maximum atomic E-state index is 13.5. The summed E-state index contributed by atoms with van der Waals surface area (Å²) in [4.78, 5) is 24.8. The van der Waals surface area contributed by atoms with Crippen LogP contribution in [0.2, 0.25) is 0 Å². The van der Waals surface area contributed by atoms with Crippen molar-refractivity contribution >= 4 is 43.5 Å². The highest BCUT2D eigenvalue weighted by Gasteiger charge is 2.51. The molecule has 3 aromatic carbocycles. The first-order valence-corrected chi connectivity index (χ1v) is 16.0. The lowest BCUT2D eigenvalue weighted by molar-refractivity contribution is 0.0244. The third-order valence-electron chi connectivity index (χ3n) is 7.12. The molecule has 1 aliphatic rings. The van der Waals surface area contributed by atoms with Crippen LogP contribution in [-0.2, 0) is 30.6 Å². The number of carbonyl (C=O) groups excluding carboxylic acids is 2. The third kappa shape index (κ3) is 5.88. The van der Waals surface area contributed by atoms with Gasteiger partial charge in [-0.1, -0.05) is 38.3 Å². The van der Waals surface area contributed by atoms with Gasteiger partial charge in [-0.2, -0.15) is 16.8 Å². The first-order chi connectivity index (χ1) is 20.2. The number of amides is 1. The van der Waals surface area contributed by atoms with Crippen molar-refractivity contribution in [2.24, 2.45) is 0 Å². The van der Waals surface area contributed by atoms with Crippen molar-refractivity contribution in [3.63, 3.8) is 0 Å². The quantitative estimate of drug-likeness (QED) is 0.0888. The Morgan fingerprint density at radius 2 is 1.60 bits per heavy atom. The molecule has 0 aliphatic carbocycles. The zero-order valence-electron chi connectivity index (χ0n) is 23.3. The van der Waals surface area contributed by atoms with Crippen LogP contribution in [0.1, 0.15) is 70.0 Å². The molecule has 0 fully saturated rings. The van der Waals surface area contributed by atoms with Crippen molar-refractivity contribution in [2.75, 3.05) is 25.1 Å². The second kappa shape index (κ2) is 11.8. The van der Waals surface area contributed by atoms with Gasteiger partial charge in [-0.3, -0.25) is 13.9 Å². The molecule has 1 aliphatic heterocycles. The van der Waals surface area contributed by atoms with E-state index >= 15 is 0 Å². The summed E-state index contributed by atoms with van der Waals surface area (Å²) in [5.41, 5.74) is 8.74. The van der Waals surface area contributed by atoms with Gasteiger partial charge < -0.3 is 26.3 Å². The lowest BCUT2D eigenvalue weighted by Crippen LogP contribution is -2.31. The number of cyclic esters (lactones) is 1. The Kier molecular flexibility index (Phi) is 8.74. The highest BCUT2D eigenvalue weighted by molar-refractivity contribution is 7.86. The van der Waals surface area contributed by atoms with Crippen molar-refractivity contribution in [1.29, 1.82) is 0 Å². The van der Waals surface area contributed by atoms with Crippen molar-refractivity contribution < 1.29 is 45.0 Å². The fraction of sp³-hybridized carbons (Fsp3) is 0.286. The van der Waals surface area contributed by atoms with E-state index in [9.17, 15) is 35.5 Å². The number of fused-ring (bicyclic) bond motifs is 1. The molecular formula is C28H31N3O10S2. The maximum absolute atomic E-state index is 13.5. The second-order valence-electron chi connectivity index (χ2n) is 9.92. The first kappa shape index (κ1) is 31.7. The van der Waals surface area contributed by atoms with Gasteiger partial charge in [0.2, 0.25) is 0 Å². The number of rotatable bonds is 11. The summed E-state index contributed by atoms with van der Waals surface area (Å²) in [6.45, 7) is 2.49. The average Bonchev–Trinajstić information content (AvgIpc) is 3.23. The number of nitrogens with one attached hydrogen (secondary N) is 1. The first-order valence-electron chi connectivity index (χ1n) is 13.1. The van der Waals surface area contributed by atoms with E-state index < -0.39 is 53.3 Å². The smallest absolute Gasteiger partial charge is 0.340 e. The van der Waals surface area contributed by atoms with E-state index in [2.05, 4.69) is 12.2 Å². The SMILES string of the molecule is CCCCCCNC(=O)c1ccc2c(c1)C(=O)OC2(c1ccc(N)c(S(=O)(=O)O)c1)c1ccc(N)c(S(=O)(=O)O)c1OC. The highest BCUT2D eigenvalue weighted by Crippen LogP contribution is 2.52. The van der Waals surface area contributed by atoms with Crippen molar-refractivity contribution in [1.82, 2.24) is 5.32 Å². The zero-order chi connectivity index (χ0) is 31.7. The lowest BCUT2D eigenvalue weighted by atomic mass is 9.79. The van der Waals surface area contributed by atoms with Gasteiger partial charge in [0.05, 0.1) is 24.0 Å². The van der Waals surface area contributed by atoms with Crippen LogP contribution in [0.4, 0.5) is 11.4 Å². The molecule has 0 spiro atoms. The predicted molar refractivity (Wildman–Crippen MR) is 156 cm³/mol.